The van der Waals surface area contributed by atoms with Crippen LogP contribution in [0.15, 0.2) is 59.5 Å². The first-order valence-corrected chi connectivity index (χ1v) is 10.7. The minimum absolute atomic E-state index is 0.329. The molecule has 0 heterocycles. The number of sulfonamides is 1. The van der Waals surface area contributed by atoms with Crippen LogP contribution in [0.2, 0.25) is 0 Å². The van der Waals surface area contributed by atoms with Gasteiger partial charge in [0, 0.05) is 19.6 Å². The number of unbranched alkanes of at least 4 members (excludes halogenated alkanes) is 1. The van der Waals surface area contributed by atoms with Crippen LogP contribution >= 0.6 is 0 Å². The predicted molar refractivity (Wildman–Crippen MR) is 108 cm³/mol. The third-order valence-electron chi connectivity index (χ3n) is 4.42. The number of aryl methyl sites for hydroxylation is 1. The van der Waals surface area contributed by atoms with Crippen molar-refractivity contribution in [1.29, 1.82) is 0 Å². The van der Waals surface area contributed by atoms with Gasteiger partial charge >= 0.3 is 0 Å². The average molecular weight is 393 g/mol. The summed E-state index contributed by atoms with van der Waals surface area (Å²) in [7, 11) is 0.208. The lowest BCUT2D eigenvalue weighted by atomic mass is 10.1. The van der Waals surface area contributed by atoms with Crippen molar-refractivity contribution in [3.8, 4) is 0 Å². The summed E-state index contributed by atoms with van der Waals surface area (Å²) < 4.78 is 40.9. The summed E-state index contributed by atoms with van der Waals surface area (Å²) in [6.45, 7) is 0.993. The second-order valence-electron chi connectivity index (χ2n) is 6.88. The van der Waals surface area contributed by atoms with Crippen LogP contribution in [0.4, 0.5) is 4.39 Å². The molecule has 0 aliphatic rings. The van der Waals surface area contributed by atoms with E-state index in [9.17, 15) is 12.8 Å². The number of rotatable bonds is 11. The Bertz CT molecular complexity index is 795. The SMILES string of the molecule is CN(C)CCN(Cc1ccccc1)S(=O)(=O)c1ccccc1CCCCF. The average Bonchev–Trinajstić information content (AvgIpc) is 2.66. The van der Waals surface area contributed by atoms with Gasteiger partial charge in [-0.25, -0.2) is 8.42 Å². The largest absolute Gasteiger partial charge is 0.308 e. The van der Waals surface area contributed by atoms with Crippen molar-refractivity contribution in [2.75, 3.05) is 33.9 Å². The van der Waals surface area contributed by atoms with Gasteiger partial charge in [0.25, 0.3) is 0 Å². The molecule has 6 heteroatoms. The number of likely N-dealkylation sites (N-methyl/N-ethyl adjacent to an activating group) is 1. The Labute approximate surface area is 162 Å². The molecule has 148 valence electrons. The van der Waals surface area contributed by atoms with Gasteiger partial charge in [0.1, 0.15) is 0 Å². The van der Waals surface area contributed by atoms with Gasteiger partial charge in [-0.2, -0.15) is 4.31 Å². The molecule has 0 atom stereocenters. The van der Waals surface area contributed by atoms with Crippen LogP contribution < -0.4 is 0 Å². The van der Waals surface area contributed by atoms with Crippen LogP contribution in [0.1, 0.15) is 24.0 Å². The Kier molecular flexibility index (Phi) is 8.41. The summed E-state index contributed by atoms with van der Waals surface area (Å²) >= 11 is 0. The van der Waals surface area contributed by atoms with E-state index in [1.165, 1.54) is 4.31 Å². The van der Waals surface area contributed by atoms with Crippen molar-refractivity contribution in [2.45, 2.75) is 30.7 Å². The molecular weight excluding hydrogens is 363 g/mol. The predicted octanol–water partition coefficient (Wildman–Crippen LogP) is 3.73. The third kappa shape index (κ3) is 6.41. The first-order valence-electron chi connectivity index (χ1n) is 9.28. The molecule has 0 unspecified atom stereocenters. The molecule has 4 nitrogen and oxygen atoms in total. The minimum atomic E-state index is -3.65. The number of hydrogen-bond acceptors (Lipinski definition) is 3. The topological polar surface area (TPSA) is 40.6 Å². The molecule has 27 heavy (non-hydrogen) atoms. The molecule has 0 bridgehead atoms. The highest BCUT2D eigenvalue weighted by atomic mass is 32.2. The zero-order valence-electron chi connectivity index (χ0n) is 16.1. The Morgan fingerprint density at radius 3 is 2.22 bits per heavy atom. The quantitative estimate of drug-likeness (QED) is 0.547. The van der Waals surface area contributed by atoms with Gasteiger partial charge in [-0.1, -0.05) is 48.5 Å². The molecule has 0 aliphatic heterocycles. The van der Waals surface area contributed by atoms with Crippen molar-refractivity contribution < 1.29 is 12.8 Å². The van der Waals surface area contributed by atoms with Gasteiger partial charge in [0.15, 0.2) is 0 Å². The zero-order valence-corrected chi connectivity index (χ0v) is 17.0. The number of alkyl halides is 1. The molecule has 0 fully saturated rings. The second-order valence-corrected chi connectivity index (χ2v) is 8.79. The molecule has 0 aromatic heterocycles. The van der Waals surface area contributed by atoms with E-state index in [1.54, 1.807) is 12.1 Å². The Morgan fingerprint density at radius 1 is 0.889 bits per heavy atom. The molecule has 0 spiro atoms. The molecule has 2 rings (SSSR count). The van der Waals surface area contributed by atoms with Crippen LogP contribution in [0.25, 0.3) is 0 Å². The van der Waals surface area contributed by atoms with E-state index in [4.69, 9.17) is 0 Å². The highest BCUT2D eigenvalue weighted by Gasteiger charge is 2.26. The van der Waals surface area contributed by atoms with E-state index < -0.39 is 10.0 Å². The molecule has 0 aliphatic carbocycles. The normalized spacial score (nSPS) is 12.0. The number of hydrogen-bond donors (Lipinski definition) is 0. The third-order valence-corrected chi connectivity index (χ3v) is 6.36. The van der Waals surface area contributed by atoms with Crippen molar-refractivity contribution in [1.82, 2.24) is 9.21 Å². The Balaban J connectivity index is 2.32. The zero-order chi connectivity index (χ0) is 19.7. The van der Waals surface area contributed by atoms with E-state index in [1.807, 2.05) is 61.5 Å². The molecule has 0 saturated heterocycles. The lowest BCUT2D eigenvalue weighted by molar-refractivity contribution is 0.329. The molecule has 0 amide bonds. The smallest absolute Gasteiger partial charge is 0.243 e. The van der Waals surface area contributed by atoms with Crippen LogP contribution in [0.5, 0.6) is 0 Å². The standard InChI is InChI=1S/C21H29FN2O2S/c1-23(2)16-17-24(18-19-10-4-3-5-11-19)27(25,26)21-14-7-6-12-20(21)13-8-9-15-22/h3-7,10-12,14H,8-9,13,15-18H2,1-2H3. The van der Waals surface area contributed by atoms with E-state index >= 15 is 0 Å². The summed E-state index contributed by atoms with van der Waals surface area (Å²) in [5.41, 5.74) is 1.71. The molecule has 2 aromatic rings. The molecule has 0 radical (unpaired) electrons. The van der Waals surface area contributed by atoms with E-state index in [2.05, 4.69) is 0 Å². The van der Waals surface area contributed by atoms with E-state index in [-0.39, 0.29) is 6.67 Å². The molecule has 0 N–H and O–H groups in total. The highest BCUT2D eigenvalue weighted by molar-refractivity contribution is 7.89. The van der Waals surface area contributed by atoms with Gasteiger partial charge in [-0.05, 0) is 50.6 Å². The lowest BCUT2D eigenvalue weighted by Crippen LogP contribution is -2.36. The van der Waals surface area contributed by atoms with Gasteiger partial charge in [0.2, 0.25) is 10.0 Å². The van der Waals surface area contributed by atoms with Crippen LogP contribution in [0, 0.1) is 0 Å². The summed E-state index contributed by atoms with van der Waals surface area (Å²) in [5, 5.41) is 0. The molecule has 0 saturated carbocycles. The summed E-state index contributed by atoms with van der Waals surface area (Å²) in [6.07, 6.45) is 1.65. The Hall–Kier alpha value is -1.76. The van der Waals surface area contributed by atoms with Crippen molar-refractivity contribution >= 4 is 10.0 Å². The van der Waals surface area contributed by atoms with Gasteiger partial charge in [-0.15, -0.1) is 0 Å². The minimum Gasteiger partial charge on any atom is -0.308 e. The fourth-order valence-corrected chi connectivity index (χ4v) is 4.57. The highest BCUT2D eigenvalue weighted by Crippen LogP contribution is 2.23. The van der Waals surface area contributed by atoms with Crippen LogP contribution in [-0.4, -0.2) is 51.5 Å². The van der Waals surface area contributed by atoms with Crippen LogP contribution in [-0.2, 0) is 23.0 Å². The first kappa shape index (κ1) is 21.5. The maximum Gasteiger partial charge on any atom is 0.243 e. The number of benzene rings is 2. The maximum atomic E-state index is 13.4. The summed E-state index contributed by atoms with van der Waals surface area (Å²) in [6, 6.07) is 16.7. The van der Waals surface area contributed by atoms with E-state index in [0.29, 0.717) is 43.8 Å². The number of nitrogens with zero attached hydrogens (tertiary/aromatic N) is 2. The van der Waals surface area contributed by atoms with Gasteiger partial charge < -0.3 is 4.90 Å². The van der Waals surface area contributed by atoms with Crippen molar-refractivity contribution in [3.05, 3.63) is 65.7 Å². The van der Waals surface area contributed by atoms with Gasteiger partial charge in [-0.3, -0.25) is 4.39 Å². The first-order chi connectivity index (χ1) is 12.9. The molecular formula is C21H29FN2O2S. The van der Waals surface area contributed by atoms with Crippen molar-refractivity contribution in [3.63, 3.8) is 0 Å². The van der Waals surface area contributed by atoms with E-state index in [0.717, 1.165) is 11.1 Å². The summed E-state index contributed by atoms with van der Waals surface area (Å²) in [5.74, 6) is 0. The van der Waals surface area contributed by atoms with Gasteiger partial charge in [0.05, 0.1) is 11.6 Å². The fraction of sp³-hybridized carbons (Fsp3) is 0.429. The second kappa shape index (κ2) is 10.5. The lowest BCUT2D eigenvalue weighted by Gasteiger charge is -2.25. The summed E-state index contributed by atoms with van der Waals surface area (Å²) in [4.78, 5) is 2.30. The maximum absolute atomic E-state index is 13.4. The molecule has 2 aromatic carbocycles. The monoisotopic (exact) mass is 392 g/mol. The Morgan fingerprint density at radius 2 is 1.56 bits per heavy atom. The number of halogens is 1. The fourth-order valence-electron chi connectivity index (χ4n) is 2.89. The van der Waals surface area contributed by atoms with Crippen molar-refractivity contribution in [2.24, 2.45) is 0 Å². The van der Waals surface area contributed by atoms with Crippen LogP contribution in [0.3, 0.4) is 0 Å².